The zero-order valence-corrected chi connectivity index (χ0v) is 25.1. The first kappa shape index (κ1) is 41.6. The second-order valence-corrected chi connectivity index (χ2v) is 6.98. The molecule has 1 rings (SSSR count). The average Bonchev–Trinajstić information content (AvgIpc) is 2.44. The number of phenolic OH excluding ortho intramolecular Hbond substituents is 1. The van der Waals surface area contributed by atoms with Crippen LogP contribution < -0.4 is 0 Å². The summed E-state index contributed by atoms with van der Waals surface area (Å²) < 4.78 is 6.83. The van der Waals surface area contributed by atoms with E-state index in [9.17, 15) is 9.59 Å². The molecule has 0 aromatic heterocycles. The summed E-state index contributed by atoms with van der Waals surface area (Å²) in [4.78, 5) is 22.7. The van der Waals surface area contributed by atoms with Crippen molar-refractivity contribution in [1.82, 2.24) is 0 Å². The van der Waals surface area contributed by atoms with E-state index in [1.54, 1.807) is 37.6 Å². The first-order valence-electron chi connectivity index (χ1n) is 7.46. The van der Waals surface area contributed by atoms with Gasteiger partial charge in [-0.1, -0.05) is 68.5 Å². The molecule has 0 spiro atoms. The Hall–Kier alpha value is 0.295. The van der Waals surface area contributed by atoms with Gasteiger partial charge >= 0.3 is 21.1 Å². The van der Waals surface area contributed by atoms with Crippen LogP contribution in [0.3, 0.4) is 0 Å². The predicted molar refractivity (Wildman–Crippen MR) is 106 cm³/mol. The Bertz CT molecular complexity index is 522. The molecule has 0 radical (unpaired) electrons. The van der Waals surface area contributed by atoms with Gasteiger partial charge in [-0.2, -0.15) is 6.92 Å². The normalized spacial score (nSPS) is 9.07. The predicted octanol–water partition coefficient (Wildman–Crippen LogP) is 6.16. The van der Waals surface area contributed by atoms with E-state index in [1.807, 2.05) is 41.5 Å². The second kappa shape index (κ2) is 19.6. The van der Waals surface area contributed by atoms with Crippen LogP contribution in [0.5, 0.6) is 5.75 Å². The van der Waals surface area contributed by atoms with Gasteiger partial charge in [0.2, 0.25) is 0 Å². The van der Waals surface area contributed by atoms with Crippen LogP contribution in [-0.2, 0) is 68.0 Å². The number of carbonyl (C=O) groups is 2. The van der Waals surface area contributed by atoms with E-state index in [0.29, 0.717) is 11.3 Å². The van der Waals surface area contributed by atoms with Crippen molar-refractivity contribution in [2.24, 2.45) is 10.8 Å². The van der Waals surface area contributed by atoms with E-state index in [2.05, 4.69) is 5.11 Å². The third-order valence-corrected chi connectivity index (χ3v) is 2.81. The molecule has 0 heterocycles. The Kier molecular flexibility index (Phi) is 30.2. The molecular weight excluding hydrogens is 852 g/mol. The fraction of sp³-hybridized carbons (Fsp3) is 0.524. The minimum Gasteiger partial charge on any atom is -0.507 e. The fourth-order valence-corrected chi connectivity index (χ4v) is 1.49. The van der Waals surface area contributed by atoms with Gasteiger partial charge in [0, 0.05) is 53.3 Å². The Morgan fingerprint density at radius 2 is 1.37 bits per heavy atom. The summed E-state index contributed by atoms with van der Waals surface area (Å²) in [5.41, 5.74) is -0.168. The van der Waals surface area contributed by atoms with Crippen LogP contribution >= 0.6 is 0 Å². The third-order valence-electron chi connectivity index (χ3n) is 2.81. The molecule has 3 nitrogen and oxygen atoms in total. The van der Waals surface area contributed by atoms with Gasteiger partial charge in [0.15, 0.2) is 5.78 Å². The maximum absolute atomic E-state index is 11.9. The van der Waals surface area contributed by atoms with E-state index in [4.69, 9.17) is 1.43 Å². The zero-order chi connectivity index (χ0) is 17.6. The van der Waals surface area contributed by atoms with E-state index < -0.39 is 5.41 Å². The van der Waals surface area contributed by atoms with Crippen LogP contribution in [0.1, 0.15) is 73.7 Å². The van der Waals surface area contributed by atoms with Gasteiger partial charge in [0.1, 0.15) is 5.75 Å². The van der Waals surface area contributed by atoms with E-state index in [-0.39, 0.29) is 102 Å². The maximum atomic E-state index is 11.9. The summed E-state index contributed by atoms with van der Waals surface area (Å²) in [6, 6.07) is 6.80. The number of hydrogen-bond acceptors (Lipinski definition) is 3. The van der Waals surface area contributed by atoms with Gasteiger partial charge in [-0.3, -0.25) is 4.79 Å². The number of phenols is 1. The summed E-state index contributed by atoms with van der Waals surface area (Å²) >= 11 is 0. The molecule has 158 valence electrons. The van der Waals surface area contributed by atoms with Crippen LogP contribution in [0, 0.1) is 24.7 Å². The molecule has 0 aliphatic heterocycles. The molecule has 27 heavy (non-hydrogen) atoms. The third kappa shape index (κ3) is 18.1. The van der Waals surface area contributed by atoms with Gasteiger partial charge in [-0.05, 0) is 17.5 Å². The molecule has 1 aromatic carbocycles. The molecule has 0 aliphatic rings. The molecule has 0 saturated carbocycles. The van der Waals surface area contributed by atoms with Crippen LogP contribution in [0.15, 0.2) is 24.3 Å². The molecule has 0 unspecified atom stereocenters. The minimum atomic E-state index is -0.450. The minimum absolute atomic E-state index is 0. The Morgan fingerprint density at radius 1 is 0.963 bits per heavy atom. The average molecular weight is 892 g/mol. The maximum Gasteiger partial charge on any atom is 2.00 e. The van der Waals surface area contributed by atoms with Gasteiger partial charge in [-0.25, -0.2) is 0 Å². The molecule has 0 atom stereocenters. The summed E-state index contributed by atoms with van der Waals surface area (Å²) in [6.07, 6.45) is 1.61. The summed E-state index contributed by atoms with van der Waals surface area (Å²) in [5.74, 6) is 0.505. The van der Waals surface area contributed by atoms with Crippen molar-refractivity contribution in [2.45, 2.75) is 63.3 Å². The first-order chi connectivity index (χ1) is 9.95. The first-order valence-corrected chi connectivity index (χ1v) is 7.06. The molecule has 1 aromatic rings. The van der Waals surface area contributed by atoms with Gasteiger partial charge < -0.3 is 23.8 Å². The summed E-state index contributed by atoms with van der Waals surface area (Å²) in [7, 11) is 0. The van der Waals surface area contributed by atoms with E-state index >= 15 is 0 Å². The SMILES string of the molecule is C.C.C[CH-]C(=O)C(C)(C)C.[3H]Oc1ccccc1C(=O)C(C)(C)C.[CH3-].[W+2].[W].[W]. The Balaban J connectivity index is -0.0000000567. The molecule has 0 fully saturated rings. The number of para-hydroxylation sites is 1. The summed E-state index contributed by atoms with van der Waals surface area (Å²) in [6.45, 7) is 13.0. The molecule has 6 heteroatoms. The van der Waals surface area contributed by atoms with Crippen molar-refractivity contribution in [1.29, 1.82) is 1.43 Å². The summed E-state index contributed by atoms with van der Waals surface area (Å²) in [5, 5.41) is 4.39. The second-order valence-electron chi connectivity index (χ2n) is 6.98. The number of benzene rings is 1. The number of carbonyl (C=O) groups excluding carboxylic acids is 2. The topological polar surface area (TPSA) is 54.4 Å². The fourth-order valence-electron chi connectivity index (χ4n) is 1.49. The molecule has 0 amide bonds. The van der Waals surface area contributed by atoms with Crippen molar-refractivity contribution >= 4 is 11.6 Å². The Morgan fingerprint density at radius 3 is 1.63 bits per heavy atom. The largest absolute Gasteiger partial charge is 2.00 e. The molecular formula is C21H38O3W3. The smallest absolute Gasteiger partial charge is 0.507 e. The van der Waals surface area contributed by atoms with Crippen molar-refractivity contribution in [3.05, 3.63) is 43.7 Å². The number of hydrogen-bond donors (Lipinski definition) is 1. The Labute approximate surface area is 213 Å². The van der Waals surface area contributed by atoms with Crippen molar-refractivity contribution in [3.8, 4) is 5.75 Å². The zero-order valence-electron chi connectivity index (χ0n) is 17.3. The van der Waals surface area contributed by atoms with Crippen LogP contribution in [0.25, 0.3) is 0 Å². The van der Waals surface area contributed by atoms with E-state index in [1.165, 1.54) is 0 Å². The van der Waals surface area contributed by atoms with Gasteiger partial charge in [-0.15, -0.1) is 0 Å². The van der Waals surface area contributed by atoms with Gasteiger partial charge in [0.25, 0.3) is 1.43 Å². The number of rotatable bonds is 3. The van der Waals surface area contributed by atoms with Gasteiger partial charge in [0.05, 0.1) is 5.56 Å². The molecule has 0 saturated heterocycles. The van der Waals surface area contributed by atoms with Crippen LogP contribution in [0.2, 0.25) is 0 Å². The molecule has 0 aliphatic carbocycles. The molecule has 0 bridgehead atoms. The van der Waals surface area contributed by atoms with Crippen molar-refractivity contribution in [3.63, 3.8) is 0 Å². The van der Waals surface area contributed by atoms with Crippen LogP contribution in [-0.4, -0.2) is 18.1 Å². The standard InChI is InChI=1S/C11H14O2.C7H13O.2CH4.CH3.3W/c1-11(2,3)10(13)8-6-4-5-7-9(8)12;1-5-6(8)7(2,3)4;;;;;;/h4-7,12H,1-3H3;5H,1-4H3;2*1H4;1H3;;;/q;-1;;;-1;;;+2/i/hT. The monoisotopic (exact) mass is 892 g/mol. The number of aromatic hydroxyl groups is 1. The van der Waals surface area contributed by atoms with Crippen LogP contribution in [0.4, 0.5) is 0 Å². The van der Waals surface area contributed by atoms with E-state index in [0.717, 1.165) is 0 Å². The van der Waals surface area contributed by atoms with Crippen molar-refractivity contribution in [2.75, 3.05) is 0 Å². The van der Waals surface area contributed by atoms with Crippen molar-refractivity contribution < 1.29 is 77.9 Å². The number of Topliss-reactive ketones (excluding diaryl/α,β-unsaturated/α-hetero) is 2. The molecule has 1 N–H and O–H groups in total. The quantitative estimate of drug-likeness (QED) is 0.293. The number of ketones is 2.